The second-order valence-corrected chi connectivity index (χ2v) is 3.22. The van der Waals surface area contributed by atoms with Crippen LogP contribution in [0.25, 0.3) is 0 Å². The van der Waals surface area contributed by atoms with Crippen molar-refractivity contribution in [3.63, 3.8) is 0 Å². The van der Waals surface area contributed by atoms with Crippen LogP contribution in [0.4, 0.5) is 4.79 Å². The molecule has 14 heavy (non-hydrogen) atoms. The van der Waals surface area contributed by atoms with E-state index in [-0.39, 0.29) is 0 Å². The molecule has 0 saturated heterocycles. The van der Waals surface area contributed by atoms with Gasteiger partial charge in [-0.3, -0.25) is 0 Å². The molecule has 0 saturated carbocycles. The largest absolute Gasteiger partial charge is 0.389 e. The van der Waals surface area contributed by atoms with E-state index in [1.54, 1.807) is 0 Å². The first-order valence-corrected chi connectivity index (χ1v) is 4.42. The maximum atomic E-state index is 10.5. The van der Waals surface area contributed by atoms with Gasteiger partial charge in [-0.1, -0.05) is 30.4 Å². The van der Waals surface area contributed by atoms with Crippen molar-refractivity contribution in [1.82, 2.24) is 5.32 Å². The Morgan fingerprint density at radius 3 is 2.71 bits per heavy atom. The summed E-state index contributed by atoms with van der Waals surface area (Å²) in [4.78, 5) is 10.8. The van der Waals surface area contributed by atoms with Crippen LogP contribution in [-0.2, 0) is 6.54 Å². The summed E-state index contributed by atoms with van der Waals surface area (Å²) in [5.74, 6) is 0. The summed E-state index contributed by atoms with van der Waals surface area (Å²) in [5, 5.41) is 2.48. The fourth-order valence-electron chi connectivity index (χ4n) is 1.02. The number of thiocarbonyl (C=S) groups is 1. The lowest BCUT2D eigenvalue weighted by molar-refractivity contribution is 0.248. The highest BCUT2D eigenvalue weighted by Gasteiger charge is 1.98. The van der Waals surface area contributed by atoms with Crippen molar-refractivity contribution in [2.75, 3.05) is 0 Å². The van der Waals surface area contributed by atoms with E-state index in [1.165, 1.54) is 0 Å². The van der Waals surface area contributed by atoms with Crippen LogP contribution in [0, 0.1) is 0 Å². The highest BCUT2D eigenvalue weighted by atomic mass is 32.1. The van der Waals surface area contributed by atoms with E-state index in [2.05, 4.69) is 5.32 Å². The molecule has 0 aliphatic heterocycles. The van der Waals surface area contributed by atoms with Gasteiger partial charge in [0, 0.05) is 12.1 Å². The molecule has 1 rings (SSSR count). The van der Waals surface area contributed by atoms with E-state index in [1.807, 2.05) is 24.3 Å². The third kappa shape index (κ3) is 3.02. The van der Waals surface area contributed by atoms with Crippen LogP contribution in [0.1, 0.15) is 11.1 Å². The van der Waals surface area contributed by atoms with E-state index in [0.717, 1.165) is 11.1 Å². The summed E-state index contributed by atoms with van der Waals surface area (Å²) < 4.78 is 0. The van der Waals surface area contributed by atoms with Gasteiger partial charge in [0.15, 0.2) is 0 Å². The summed E-state index contributed by atoms with van der Waals surface area (Å²) in [6.45, 7) is 0.381. The Balaban J connectivity index is 2.73. The number of primary amides is 1. The van der Waals surface area contributed by atoms with Crippen molar-refractivity contribution in [2.45, 2.75) is 6.54 Å². The number of rotatable bonds is 3. The molecule has 0 unspecified atom stereocenters. The molecule has 0 radical (unpaired) electrons. The highest BCUT2D eigenvalue weighted by molar-refractivity contribution is 7.80. The van der Waals surface area contributed by atoms with Crippen LogP contribution >= 0.6 is 12.2 Å². The van der Waals surface area contributed by atoms with Crippen LogP contribution < -0.4 is 16.8 Å². The lowest BCUT2D eigenvalue weighted by Gasteiger charge is -2.04. The summed E-state index contributed by atoms with van der Waals surface area (Å²) in [6.07, 6.45) is 0. The lowest BCUT2D eigenvalue weighted by atomic mass is 10.1. The molecule has 1 aromatic carbocycles. The number of hydrogen-bond donors (Lipinski definition) is 3. The molecule has 5 N–H and O–H groups in total. The average molecular weight is 209 g/mol. The second kappa shape index (κ2) is 4.57. The molecule has 74 valence electrons. The van der Waals surface area contributed by atoms with Crippen molar-refractivity contribution in [2.24, 2.45) is 11.5 Å². The van der Waals surface area contributed by atoms with Crippen LogP contribution in [-0.4, -0.2) is 11.0 Å². The topological polar surface area (TPSA) is 81.1 Å². The van der Waals surface area contributed by atoms with Gasteiger partial charge in [0.05, 0.1) is 0 Å². The number of carbonyl (C=O) groups is 1. The summed E-state index contributed by atoms with van der Waals surface area (Å²) in [5.41, 5.74) is 12.1. The molecule has 4 nitrogen and oxygen atoms in total. The van der Waals surface area contributed by atoms with Crippen LogP contribution in [0.15, 0.2) is 24.3 Å². The highest BCUT2D eigenvalue weighted by Crippen LogP contribution is 2.04. The van der Waals surface area contributed by atoms with Crippen molar-refractivity contribution >= 4 is 23.2 Å². The molecule has 0 aliphatic rings. The van der Waals surface area contributed by atoms with Crippen LogP contribution in [0.2, 0.25) is 0 Å². The zero-order valence-corrected chi connectivity index (χ0v) is 8.30. The van der Waals surface area contributed by atoms with Gasteiger partial charge in [-0.25, -0.2) is 4.79 Å². The average Bonchev–Trinajstić information content (AvgIpc) is 2.15. The van der Waals surface area contributed by atoms with E-state index >= 15 is 0 Å². The Kier molecular flexibility index (Phi) is 3.41. The molecule has 5 heteroatoms. The maximum Gasteiger partial charge on any atom is 0.312 e. The molecule has 0 bridgehead atoms. The van der Waals surface area contributed by atoms with Gasteiger partial charge >= 0.3 is 6.03 Å². The Morgan fingerprint density at radius 2 is 2.14 bits per heavy atom. The van der Waals surface area contributed by atoms with Gasteiger partial charge in [-0.15, -0.1) is 0 Å². The van der Waals surface area contributed by atoms with E-state index in [4.69, 9.17) is 23.7 Å². The third-order valence-electron chi connectivity index (χ3n) is 1.68. The summed E-state index contributed by atoms with van der Waals surface area (Å²) >= 11 is 4.82. The zero-order valence-electron chi connectivity index (χ0n) is 7.49. The van der Waals surface area contributed by atoms with Crippen LogP contribution in [0.3, 0.4) is 0 Å². The summed E-state index contributed by atoms with van der Waals surface area (Å²) in [6, 6.07) is 6.77. The minimum atomic E-state index is -0.550. The van der Waals surface area contributed by atoms with E-state index < -0.39 is 6.03 Å². The SMILES string of the molecule is NC(=O)NCc1cccc(C(N)=S)c1. The molecule has 0 heterocycles. The molecule has 0 atom stereocenters. The van der Waals surface area contributed by atoms with Gasteiger partial charge in [0.2, 0.25) is 0 Å². The monoisotopic (exact) mass is 209 g/mol. The summed E-state index contributed by atoms with van der Waals surface area (Å²) in [7, 11) is 0. The number of carbonyl (C=O) groups excluding carboxylic acids is 1. The second-order valence-electron chi connectivity index (χ2n) is 2.78. The van der Waals surface area contributed by atoms with Gasteiger partial charge in [-0.2, -0.15) is 0 Å². The first-order chi connectivity index (χ1) is 6.59. The van der Waals surface area contributed by atoms with Gasteiger partial charge in [0.25, 0.3) is 0 Å². The standard InChI is InChI=1S/C9H11N3OS/c10-8(14)7-3-1-2-6(4-7)5-12-9(11)13/h1-4H,5H2,(H2,10,14)(H3,11,12,13). The molecule has 1 aromatic rings. The zero-order chi connectivity index (χ0) is 10.6. The number of nitrogens with two attached hydrogens (primary N) is 2. The minimum Gasteiger partial charge on any atom is -0.389 e. The number of urea groups is 1. The minimum absolute atomic E-state index is 0.339. The third-order valence-corrected chi connectivity index (χ3v) is 1.91. The van der Waals surface area contributed by atoms with Gasteiger partial charge < -0.3 is 16.8 Å². The first-order valence-electron chi connectivity index (χ1n) is 4.01. The molecule has 2 amide bonds. The maximum absolute atomic E-state index is 10.5. The Morgan fingerprint density at radius 1 is 1.43 bits per heavy atom. The van der Waals surface area contributed by atoms with Crippen molar-refractivity contribution in [3.05, 3.63) is 35.4 Å². The van der Waals surface area contributed by atoms with Gasteiger partial charge in [-0.05, 0) is 11.6 Å². The molecular weight excluding hydrogens is 198 g/mol. The quantitative estimate of drug-likeness (QED) is 0.634. The fraction of sp³-hybridized carbons (Fsp3) is 0.111. The predicted molar refractivity (Wildman–Crippen MR) is 58.8 cm³/mol. The normalized spacial score (nSPS) is 9.43. The first kappa shape index (κ1) is 10.5. The fourth-order valence-corrected chi connectivity index (χ4v) is 1.15. The number of amides is 2. The predicted octanol–water partition coefficient (Wildman–Crippen LogP) is 0.489. The van der Waals surface area contributed by atoms with Crippen molar-refractivity contribution < 1.29 is 4.79 Å². The van der Waals surface area contributed by atoms with E-state index in [9.17, 15) is 4.79 Å². The number of hydrogen-bond acceptors (Lipinski definition) is 2. The molecule has 0 aromatic heterocycles. The molecule has 0 aliphatic carbocycles. The van der Waals surface area contributed by atoms with Crippen molar-refractivity contribution in [3.8, 4) is 0 Å². The Labute approximate surface area is 87.3 Å². The van der Waals surface area contributed by atoms with Crippen molar-refractivity contribution in [1.29, 1.82) is 0 Å². The smallest absolute Gasteiger partial charge is 0.312 e. The molecule has 0 spiro atoms. The Bertz CT molecular complexity index is 365. The van der Waals surface area contributed by atoms with E-state index in [0.29, 0.717) is 11.5 Å². The molecular formula is C9H11N3OS. The van der Waals surface area contributed by atoms with Crippen LogP contribution in [0.5, 0.6) is 0 Å². The Hall–Kier alpha value is -1.62. The van der Waals surface area contributed by atoms with Gasteiger partial charge in [0.1, 0.15) is 4.99 Å². The molecule has 0 fully saturated rings. The lowest BCUT2D eigenvalue weighted by Crippen LogP contribution is -2.28. The number of benzene rings is 1. The number of nitrogens with one attached hydrogen (secondary N) is 1.